The second-order valence-corrected chi connectivity index (χ2v) is 8.05. The van der Waals surface area contributed by atoms with Gasteiger partial charge in [-0.1, -0.05) is 24.3 Å². The predicted octanol–water partition coefficient (Wildman–Crippen LogP) is 3.75. The van der Waals surface area contributed by atoms with E-state index in [9.17, 15) is 14.0 Å². The minimum atomic E-state index is -0.744. The summed E-state index contributed by atoms with van der Waals surface area (Å²) in [4.78, 5) is 26.0. The van der Waals surface area contributed by atoms with Crippen LogP contribution in [0.25, 0.3) is 11.0 Å². The van der Waals surface area contributed by atoms with Gasteiger partial charge in [-0.25, -0.2) is 4.39 Å². The van der Waals surface area contributed by atoms with Crippen LogP contribution in [0.4, 0.5) is 4.39 Å². The van der Waals surface area contributed by atoms with Crippen molar-refractivity contribution in [1.29, 1.82) is 0 Å². The fourth-order valence-electron chi connectivity index (χ4n) is 3.78. The van der Waals surface area contributed by atoms with Gasteiger partial charge >= 0.3 is 0 Å². The standard InChI is InChI=1S/C26H26FNO6/c27-19-9-7-17(8-10-19)15-28-26(31)23-13-18(14-24(34-23)32-12-4-3-11-29)21-16-33-22-6-2-1-5-20(22)25(21)30/h1-2,5-10,13,16,18,24,29H,3-4,11-12,14-15H2,(H,28,31)/t18-,24+/m0/s1. The van der Waals surface area contributed by atoms with Gasteiger partial charge in [0.15, 0.2) is 11.2 Å². The first-order chi connectivity index (χ1) is 16.5. The molecule has 8 heteroatoms. The van der Waals surface area contributed by atoms with Crippen LogP contribution < -0.4 is 10.7 Å². The molecule has 1 aliphatic heterocycles. The third kappa shape index (κ3) is 5.70. The van der Waals surface area contributed by atoms with Gasteiger partial charge in [0.05, 0.1) is 18.3 Å². The maximum Gasteiger partial charge on any atom is 0.286 e. The van der Waals surface area contributed by atoms with Crippen LogP contribution in [0.3, 0.4) is 0 Å². The smallest absolute Gasteiger partial charge is 0.286 e. The zero-order chi connectivity index (χ0) is 23.9. The number of fused-ring (bicyclic) bond motifs is 1. The number of carbonyl (C=O) groups is 1. The lowest BCUT2D eigenvalue weighted by Gasteiger charge is -2.29. The van der Waals surface area contributed by atoms with Crippen molar-refractivity contribution in [3.8, 4) is 0 Å². The lowest BCUT2D eigenvalue weighted by Crippen LogP contribution is -2.33. The highest BCUT2D eigenvalue weighted by Crippen LogP contribution is 2.31. The first-order valence-electron chi connectivity index (χ1n) is 11.2. The van der Waals surface area contributed by atoms with Crippen molar-refractivity contribution in [2.24, 2.45) is 0 Å². The number of aliphatic hydroxyl groups excluding tert-OH is 1. The summed E-state index contributed by atoms with van der Waals surface area (Å²) < 4.78 is 30.4. The highest BCUT2D eigenvalue weighted by Gasteiger charge is 2.30. The Kier molecular flexibility index (Phi) is 7.72. The molecule has 0 bridgehead atoms. The van der Waals surface area contributed by atoms with Gasteiger partial charge in [0.1, 0.15) is 11.4 Å². The molecular weight excluding hydrogens is 441 g/mol. The van der Waals surface area contributed by atoms with E-state index in [1.165, 1.54) is 18.4 Å². The number of allylic oxidation sites excluding steroid dienone is 1. The third-order valence-electron chi connectivity index (χ3n) is 5.61. The molecule has 2 heterocycles. The molecule has 0 saturated heterocycles. The Labute approximate surface area is 195 Å². The monoisotopic (exact) mass is 467 g/mol. The summed E-state index contributed by atoms with van der Waals surface area (Å²) in [6.07, 6.45) is 3.84. The summed E-state index contributed by atoms with van der Waals surface area (Å²) in [6.45, 7) is 0.589. The number of hydrogen-bond acceptors (Lipinski definition) is 6. The molecule has 1 amide bonds. The minimum Gasteiger partial charge on any atom is -0.464 e. The fourth-order valence-corrected chi connectivity index (χ4v) is 3.78. The molecule has 3 aromatic rings. The highest BCUT2D eigenvalue weighted by atomic mass is 19.1. The molecule has 1 aromatic heterocycles. The van der Waals surface area contributed by atoms with Gasteiger partial charge in [0, 0.05) is 31.1 Å². The second-order valence-electron chi connectivity index (χ2n) is 8.05. The van der Waals surface area contributed by atoms with E-state index in [1.54, 1.807) is 42.5 Å². The van der Waals surface area contributed by atoms with Gasteiger partial charge < -0.3 is 24.3 Å². The summed E-state index contributed by atoms with van der Waals surface area (Å²) in [6, 6.07) is 12.8. The van der Waals surface area contributed by atoms with Gasteiger partial charge in [-0.05, 0) is 48.7 Å². The number of nitrogens with one attached hydrogen (secondary N) is 1. The van der Waals surface area contributed by atoms with Crippen LogP contribution in [0.2, 0.25) is 0 Å². The molecule has 7 nitrogen and oxygen atoms in total. The Bertz CT molecular complexity index is 1220. The molecule has 4 rings (SSSR count). The van der Waals surface area contributed by atoms with E-state index in [4.69, 9.17) is 19.0 Å². The average Bonchev–Trinajstić information content (AvgIpc) is 2.86. The van der Waals surface area contributed by atoms with Crippen molar-refractivity contribution in [1.82, 2.24) is 5.32 Å². The molecule has 0 unspecified atom stereocenters. The van der Waals surface area contributed by atoms with Crippen LogP contribution in [0.5, 0.6) is 0 Å². The Morgan fingerprint density at radius 1 is 1.15 bits per heavy atom. The Morgan fingerprint density at radius 2 is 1.94 bits per heavy atom. The fraction of sp³-hybridized carbons (Fsp3) is 0.308. The molecule has 0 spiro atoms. The summed E-state index contributed by atoms with van der Waals surface area (Å²) in [5, 5.41) is 12.2. The lowest BCUT2D eigenvalue weighted by molar-refractivity contribution is -0.146. The normalized spacial score (nSPS) is 17.8. The molecule has 0 radical (unpaired) electrons. The SMILES string of the molecule is O=C(NCc1ccc(F)cc1)C1=C[C@H](c2coc3ccccc3c2=O)C[C@H](OCCCCO)O1. The van der Waals surface area contributed by atoms with Crippen LogP contribution in [0.1, 0.15) is 36.3 Å². The number of halogens is 1. The van der Waals surface area contributed by atoms with E-state index in [0.717, 1.165) is 5.56 Å². The molecule has 0 saturated carbocycles. The Balaban J connectivity index is 1.55. The van der Waals surface area contributed by atoms with E-state index < -0.39 is 18.1 Å². The summed E-state index contributed by atoms with van der Waals surface area (Å²) in [5.41, 5.74) is 1.46. The number of ether oxygens (including phenoxy) is 2. The largest absolute Gasteiger partial charge is 0.464 e. The molecule has 0 fully saturated rings. The average molecular weight is 467 g/mol. The van der Waals surface area contributed by atoms with Gasteiger partial charge in [-0.15, -0.1) is 0 Å². The first kappa shape index (κ1) is 23.7. The number of rotatable bonds is 9. The zero-order valence-electron chi connectivity index (χ0n) is 18.5. The van der Waals surface area contributed by atoms with E-state index in [-0.39, 0.29) is 30.2 Å². The quantitative estimate of drug-likeness (QED) is 0.465. The number of benzene rings is 2. The van der Waals surface area contributed by atoms with Crippen molar-refractivity contribution >= 4 is 16.9 Å². The summed E-state index contributed by atoms with van der Waals surface area (Å²) >= 11 is 0. The molecule has 2 N–H and O–H groups in total. The number of amides is 1. The van der Waals surface area contributed by atoms with Crippen molar-refractivity contribution in [3.63, 3.8) is 0 Å². The maximum atomic E-state index is 13.1. The van der Waals surface area contributed by atoms with E-state index in [1.807, 2.05) is 0 Å². The predicted molar refractivity (Wildman–Crippen MR) is 123 cm³/mol. The first-order valence-corrected chi connectivity index (χ1v) is 11.2. The molecule has 1 aliphatic rings. The van der Waals surface area contributed by atoms with E-state index in [2.05, 4.69) is 5.32 Å². The number of carbonyl (C=O) groups excluding carboxylic acids is 1. The van der Waals surface area contributed by atoms with Crippen molar-refractivity contribution in [2.75, 3.05) is 13.2 Å². The molecule has 178 valence electrons. The highest BCUT2D eigenvalue weighted by molar-refractivity contribution is 5.91. The van der Waals surface area contributed by atoms with Gasteiger partial charge in [0.2, 0.25) is 6.29 Å². The van der Waals surface area contributed by atoms with Crippen molar-refractivity contribution in [2.45, 2.75) is 38.0 Å². The second kappa shape index (κ2) is 11.1. The molecule has 0 aliphatic carbocycles. The summed E-state index contributed by atoms with van der Waals surface area (Å²) in [5.74, 6) is -1.24. The van der Waals surface area contributed by atoms with Crippen molar-refractivity contribution < 1.29 is 28.2 Å². The lowest BCUT2D eigenvalue weighted by atomic mass is 9.93. The van der Waals surface area contributed by atoms with Crippen LogP contribution in [-0.4, -0.2) is 30.5 Å². The van der Waals surface area contributed by atoms with Crippen LogP contribution in [0, 0.1) is 5.82 Å². The van der Waals surface area contributed by atoms with Crippen LogP contribution in [0.15, 0.2) is 75.8 Å². The molecule has 2 atom stereocenters. The van der Waals surface area contributed by atoms with Gasteiger partial charge in [-0.2, -0.15) is 0 Å². The van der Waals surface area contributed by atoms with E-state index >= 15 is 0 Å². The zero-order valence-corrected chi connectivity index (χ0v) is 18.5. The minimum absolute atomic E-state index is 0.0399. The molecule has 34 heavy (non-hydrogen) atoms. The molecule has 2 aromatic carbocycles. The van der Waals surface area contributed by atoms with Gasteiger partial charge in [-0.3, -0.25) is 9.59 Å². The Hall–Kier alpha value is -3.49. The summed E-state index contributed by atoms with van der Waals surface area (Å²) in [7, 11) is 0. The number of unbranched alkanes of at least 4 members (excludes halogenated alkanes) is 1. The van der Waals surface area contributed by atoms with Crippen molar-refractivity contribution in [3.05, 3.63) is 93.8 Å². The Morgan fingerprint density at radius 3 is 2.74 bits per heavy atom. The topological polar surface area (TPSA) is 98.0 Å². The van der Waals surface area contributed by atoms with Crippen LogP contribution in [-0.2, 0) is 20.8 Å². The van der Waals surface area contributed by atoms with Crippen LogP contribution >= 0.6 is 0 Å². The number of hydrogen-bond donors (Lipinski definition) is 2. The number of para-hydroxylation sites is 1. The third-order valence-corrected chi connectivity index (χ3v) is 5.61. The van der Waals surface area contributed by atoms with E-state index in [0.29, 0.717) is 42.4 Å². The molecular formula is C26H26FNO6. The number of aliphatic hydroxyl groups is 1. The van der Waals surface area contributed by atoms with Gasteiger partial charge in [0.25, 0.3) is 5.91 Å². The maximum absolute atomic E-state index is 13.1.